The number of anilines is 1. The van der Waals surface area contributed by atoms with E-state index < -0.39 is 0 Å². The normalized spacial score (nSPS) is 10.4. The van der Waals surface area contributed by atoms with E-state index in [9.17, 15) is 4.79 Å². The summed E-state index contributed by atoms with van der Waals surface area (Å²) >= 11 is 11.2. The molecule has 0 atom stereocenters. The van der Waals surface area contributed by atoms with Crippen LogP contribution in [0.1, 0.15) is 19.4 Å². The van der Waals surface area contributed by atoms with Crippen LogP contribution in [0.4, 0.5) is 5.69 Å². The van der Waals surface area contributed by atoms with Crippen LogP contribution in [-0.2, 0) is 9.53 Å². The summed E-state index contributed by atoms with van der Waals surface area (Å²) in [6, 6.07) is 5.43. The van der Waals surface area contributed by atoms with E-state index in [1.807, 2.05) is 24.8 Å². The highest BCUT2D eigenvalue weighted by molar-refractivity contribution is 7.80. The van der Waals surface area contributed by atoms with Gasteiger partial charge in [-0.2, -0.15) is 0 Å². The van der Waals surface area contributed by atoms with Crippen LogP contribution in [-0.4, -0.2) is 30.7 Å². The Morgan fingerprint density at radius 3 is 2.63 bits per heavy atom. The molecule has 1 rings (SSSR count). The van der Waals surface area contributed by atoms with Crippen molar-refractivity contribution in [2.24, 2.45) is 5.73 Å². The maximum atomic E-state index is 11.5. The third-order valence-corrected chi connectivity index (χ3v) is 3.22. The maximum Gasteiger partial charge on any atom is 0.325 e. The predicted octanol–water partition coefficient (Wildman–Crippen LogP) is 2.36. The minimum absolute atomic E-state index is 0.0747. The van der Waals surface area contributed by atoms with Crippen LogP contribution in [0.5, 0.6) is 0 Å². The lowest BCUT2D eigenvalue weighted by atomic mass is 10.1. The van der Waals surface area contributed by atoms with E-state index in [1.54, 1.807) is 12.1 Å². The van der Waals surface area contributed by atoms with E-state index in [0.29, 0.717) is 10.6 Å². The van der Waals surface area contributed by atoms with Crippen LogP contribution >= 0.6 is 23.8 Å². The molecular weight excluding hydrogens is 284 g/mol. The average Bonchev–Trinajstić information content (AvgIpc) is 2.34. The van der Waals surface area contributed by atoms with Gasteiger partial charge in [0.1, 0.15) is 11.5 Å². The Kier molecular flexibility index (Phi) is 5.57. The Morgan fingerprint density at radius 1 is 1.53 bits per heavy atom. The average molecular weight is 301 g/mol. The number of nitrogens with two attached hydrogens (primary N) is 1. The van der Waals surface area contributed by atoms with Crippen LogP contribution in [0.15, 0.2) is 18.2 Å². The standard InChI is InChI=1S/C13H17ClN2O2S/c1-8(2)16(7-11(17)18-3)10-6-4-5-9(14)12(10)13(15)19/h4-6,8H,7H2,1-3H3,(H2,15,19). The molecule has 4 nitrogen and oxygen atoms in total. The summed E-state index contributed by atoms with van der Waals surface area (Å²) in [4.78, 5) is 13.6. The highest BCUT2D eigenvalue weighted by atomic mass is 35.5. The van der Waals surface area contributed by atoms with Crippen molar-refractivity contribution in [1.29, 1.82) is 0 Å². The van der Waals surface area contributed by atoms with Gasteiger partial charge in [-0.15, -0.1) is 0 Å². The fourth-order valence-electron chi connectivity index (χ4n) is 1.75. The predicted molar refractivity (Wildman–Crippen MR) is 81.8 cm³/mol. The third kappa shape index (κ3) is 3.81. The molecule has 0 saturated carbocycles. The molecule has 104 valence electrons. The van der Waals surface area contributed by atoms with Crippen molar-refractivity contribution in [1.82, 2.24) is 0 Å². The van der Waals surface area contributed by atoms with Crippen molar-refractivity contribution in [3.8, 4) is 0 Å². The molecule has 0 aliphatic carbocycles. The molecule has 19 heavy (non-hydrogen) atoms. The number of ether oxygens (including phenoxy) is 1. The van der Waals surface area contributed by atoms with Crippen molar-refractivity contribution in [2.45, 2.75) is 19.9 Å². The van der Waals surface area contributed by atoms with Gasteiger partial charge in [0.25, 0.3) is 0 Å². The van der Waals surface area contributed by atoms with Crippen molar-refractivity contribution >= 4 is 40.5 Å². The topological polar surface area (TPSA) is 55.6 Å². The Bertz CT molecular complexity index is 492. The second kappa shape index (κ2) is 6.73. The van der Waals surface area contributed by atoms with Gasteiger partial charge in [0, 0.05) is 11.7 Å². The Hall–Kier alpha value is -1.33. The van der Waals surface area contributed by atoms with Gasteiger partial charge in [-0.1, -0.05) is 29.9 Å². The zero-order valence-corrected chi connectivity index (χ0v) is 12.7. The number of carbonyl (C=O) groups excluding carboxylic acids is 1. The Balaban J connectivity index is 3.27. The van der Waals surface area contributed by atoms with Crippen LogP contribution in [0.3, 0.4) is 0 Å². The third-order valence-electron chi connectivity index (χ3n) is 2.70. The molecule has 0 aromatic heterocycles. The molecule has 0 aliphatic heterocycles. The Morgan fingerprint density at radius 2 is 2.16 bits per heavy atom. The largest absolute Gasteiger partial charge is 0.468 e. The molecule has 0 amide bonds. The fourth-order valence-corrected chi connectivity index (χ4v) is 2.29. The van der Waals surface area contributed by atoms with Crippen molar-refractivity contribution in [3.05, 3.63) is 28.8 Å². The number of halogens is 1. The number of carbonyl (C=O) groups is 1. The summed E-state index contributed by atoms with van der Waals surface area (Å²) in [6.45, 7) is 4.05. The number of benzene rings is 1. The number of methoxy groups -OCH3 is 1. The Labute approximate surface area is 123 Å². The number of esters is 1. The molecule has 0 saturated heterocycles. The quantitative estimate of drug-likeness (QED) is 0.668. The first-order valence-corrected chi connectivity index (χ1v) is 6.58. The van der Waals surface area contributed by atoms with E-state index in [2.05, 4.69) is 0 Å². The molecule has 0 fully saturated rings. The van der Waals surface area contributed by atoms with Gasteiger partial charge in [0.2, 0.25) is 0 Å². The van der Waals surface area contributed by atoms with E-state index >= 15 is 0 Å². The number of thiocarbonyl (C=S) groups is 1. The molecule has 0 spiro atoms. The van der Waals surface area contributed by atoms with Crippen LogP contribution in [0.25, 0.3) is 0 Å². The van der Waals surface area contributed by atoms with Crippen molar-refractivity contribution < 1.29 is 9.53 Å². The molecular formula is C13H17ClN2O2S. The summed E-state index contributed by atoms with van der Waals surface area (Å²) in [6.07, 6.45) is 0. The molecule has 0 radical (unpaired) electrons. The first-order chi connectivity index (χ1) is 8.88. The van der Waals surface area contributed by atoms with E-state index in [4.69, 9.17) is 34.3 Å². The molecule has 0 unspecified atom stereocenters. The number of rotatable bonds is 5. The number of hydrogen-bond donors (Lipinski definition) is 1. The fraction of sp³-hybridized carbons (Fsp3) is 0.385. The SMILES string of the molecule is COC(=O)CN(c1cccc(Cl)c1C(N)=S)C(C)C. The minimum Gasteiger partial charge on any atom is -0.468 e. The summed E-state index contributed by atoms with van der Waals surface area (Å²) < 4.78 is 4.71. The summed E-state index contributed by atoms with van der Waals surface area (Å²) in [5, 5.41) is 0.473. The number of hydrogen-bond acceptors (Lipinski definition) is 4. The van der Waals surface area contributed by atoms with Crippen LogP contribution < -0.4 is 10.6 Å². The first-order valence-electron chi connectivity index (χ1n) is 5.80. The lowest BCUT2D eigenvalue weighted by molar-refractivity contribution is -0.139. The van der Waals surface area contributed by atoms with Gasteiger partial charge in [0.05, 0.1) is 17.7 Å². The van der Waals surface area contributed by atoms with Crippen molar-refractivity contribution in [3.63, 3.8) is 0 Å². The van der Waals surface area contributed by atoms with E-state index in [-0.39, 0.29) is 23.5 Å². The lowest BCUT2D eigenvalue weighted by Gasteiger charge is -2.29. The van der Waals surface area contributed by atoms with Crippen molar-refractivity contribution in [2.75, 3.05) is 18.6 Å². The van der Waals surface area contributed by atoms with Gasteiger partial charge >= 0.3 is 5.97 Å². The van der Waals surface area contributed by atoms with E-state index in [1.165, 1.54) is 7.11 Å². The smallest absolute Gasteiger partial charge is 0.325 e. The zero-order chi connectivity index (χ0) is 14.6. The maximum absolute atomic E-state index is 11.5. The lowest BCUT2D eigenvalue weighted by Crippen LogP contribution is -2.37. The van der Waals surface area contributed by atoms with Gasteiger partial charge in [-0.05, 0) is 26.0 Å². The monoisotopic (exact) mass is 300 g/mol. The molecule has 0 aliphatic rings. The summed E-state index contributed by atoms with van der Waals surface area (Å²) in [7, 11) is 1.35. The molecule has 0 heterocycles. The molecule has 0 bridgehead atoms. The van der Waals surface area contributed by atoms with E-state index in [0.717, 1.165) is 5.69 Å². The first kappa shape index (κ1) is 15.7. The van der Waals surface area contributed by atoms with Gasteiger partial charge in [0.15, 0.2) is 0 Å². The minimum atomic E-state index is -0.331. The van der Waals surface area contributed by atoms with Crippen LogP contribution in [0.2, 0.25) is 5.02 Å². The molecule has 6 heteroatoms. The number of nitrogens with zero attached hydrogens (tertiary/aromatic N) is 1. The zero-order valence-electron chi connectivity index (χ0n) is 11.1. The second-order valence-corrected chi connectivity index (χ2v) is 5.14. The van der Waals surface area contributed by atoms with Gasteiger partial charge < -0.3 is 15.4 Å². The molecule has 1 aromatic rings. The summed E-state index contributed by atoms with van der Waals surface area (Å²) in [5.74, 6) is -0.331. The molecule has 2 N–H and O–H groups in total. The molecule has 1 aromatic carbocycles. The van der Waals surface area contributed by atoms with Crippen LogP contribution in [0, 0.1) is 0 Å². The van der Waals surface area contributed by atoms with Gasteiger partial charge in [-0.3, -0.25) is 4.79 Å². The second-order valence-electron chi connectivity index (χ2n) is 4.30. The highest BCUT2D eigenvalue weighted by Crippen LogP contribution is 2.28. The van der Waals surface area contributed by atoms with Gasteiger partial charge in [-0.25, -0.2) is 0 Å². The summed E-state index contributed by atoms with van der Waals surface area (Å²) in [5.41, 5.74) is 7.04. The highest BCUT2D eigenvalue weighted by Gasteiger charge is 2.20.